The molecule has 0 spiro atoms. The number of carbonyl (C=O) groups is 1. The molecule has 0 saturated carbocycles. The Labute approximate surface area is 245 Å². The van der Waals surface area contributed by atoms with Crippen molar-refractivity contribution >= 4 is 28.0 Å². The van der Waals surface area contributed by atoms with Crippen molar-refractivity contribution < 1.29 is 4.79 Å². The van der Waals surface area contributed by atoms with Gasteiger partial charge in [-0.2, -0.15) is 10.2 Å². The van der Waals surface area contributed by atoms with Crippen molar-refractivity contribution in [2.24, 2.45) is 0 Å². The molecule has 1 N–H and O–H groups in total. The highest BCUT2D eigenvalue weighted by Crippen LogP contribution is 2.22. The molecule has 5 heterocycles. The van der Waals surface area contributed by atoms with E-state index in [1.807, 2.05) is 66.9 Å². The van der Waals surface area contributed by atoms with Gasteiger partial charge in [-0.25, -0.2) is 19.0 Å². The van der Waals surface area contributed by atoms with E-state index in [9.17, 15) is 9.59 Å². The number of fused-ring (bicyclic) bond motifs is 3. The molecule has 10 nitrogen and oxygen atoms in total. The highest BCUT2D eigenvalue weighted by atomic mass is 16.2. The maximum atomic E-state index is 14.3. The van der Waals surface area contributed by atoms with Crippen LogP contribution in [0, 0.1) is 18.8 Å². The van der Waals surface area contributed by atoms with E-state index >= 15 is 0 Å². The summed E-state index contributed by atoms with van der Waals surface area (Å²) in [4.78, 5) is 37.1. The standard InChI is InChI=1S/C33H24N8O2/c1-21-28(31-34-17-9-19-40(31)38-21)32(42)36-22(2)30-37-26-13-8-10-23(15-16-24-20-35-39-18-7-6-14-27(24)39)29(26)33(43)41(30)25-11-4-3-5-12-25/h3-14,17-20,22H,1-2H3,(H,36,42)/t22-/m0/s1. The van der Waals surface area contributed by atoms with Gasteiger partial charge in [0.25, 0.3) is 11.5 Å². The number of hydrogen-bond donors (Lipinski definition) is 1. The number of hydrogen-bond acceptors (Lipinski definition) is 6. The van der Waals surface area contributed by atoms with Crippen LogP contribution in [0.4, 0.5) is 0 Å². The molecule has 1 amide bonds. The van der Waals surface area contributed by atoms with E-state index < -0.39 is 6.04 Å². The summed E-state index contributed by atoms with van der Waals surface area (Å²) in [6, 6.07) is 21.5. The summed E-state index contributed by atoms with van der Waals surface area (Å²) in [5, 5.41) is 12.2. The topological polar surface area (TPSA) is 111 Å². The third-order valence-corrected chi connectivity index (χ3v) is 7.23. The maximum absolute atomic E-state index is 14.3. The van der Waals surface area contributed by atoms with Gasteiger partial charge in [0.2, 0.25) is 0 Å². The van der Waals surface area contributed by atoms with Crippen LogP contribution in [-0.4, -0.2) is 39.7 Å². The number of aromatic nitrogens is 7. The second-order valence-corrected chi connectivity index (χ2v) is 10.0. The average Bonchev–Trinajstić information content (AvgIpc) is 3.60. The maximum Gasteiger partial charge on any atom is 0.267 e. The molecule has 2 aromatic carbocycles. The van der Waals surface area contributed by atoms with Gasteiger partial charge in [0, 0.05) is 24.2 Å². The van der Waals surface area contributed by atoms with E-state index in [0.29, 0.717) is 44.9 Å². The first-order valence-corrected chi connectivity index (χ1v) is 13.7. The SMILES string of the molecule is Cc1nn2cccnc2c1C(=O)N[C@@H](C)c1nc2cccc(C#Cc3cnn4ccccc34)c2c(=O)n1-c1ccccc1. The molecule has 7 rings (SSSR count). The molecule has 0 fully saturated rings. The number of benzene rings is 2. The zero-order chi connectivity index (χ0) is 29.5. The second-order valence-electron chi connectivity index (χ2n) is 10.0. The van der Waals surface area contributed by atoms with E-state index in [1.165, 1.54) is 4.57 Å². The molecule has 0 aliphatic heterocycles. The van der Waals surface area contributed by atoms with Crippen molar-refractivity contribution in [1.82, 2.24) is 39.1 Å². The average molecular weight is 565 g/mol. The van der Waals surface area contributed by atoms with Crippen molar-refractivity contribution in [1.29, 1.82) is 0 Å². The number of carbonyl (C=O) groups excluding carboxylic acids is 1. The Morgan fingerprint density at radius 2 is 1.70 bits per heavy atom. The third-order valence-electron chi connectivity index (χ3n) is 7.23. The van der Waals surface area contributed by atoms with Gasteiger partial charge in [0.05, 0.1) is 45.6 Å². The summed E-state index contributed by atoms with van der Waals surface area (Å²) in [6.45, 7) is 3.56. The first-order valence-electron chi connectivity index (χ1n) is 13.7. The minimum Gasteiger partial charge on any atom is -0.342 e. The number of rotatable bonds is 4. The first-order chi connectivity index (χ1) is 21.0. The summed E-state index contributed by atoms with van der Waals surface area (Å²) in [5.41, 5.74) is 4.35. The van der Waals surface area contributed by atoms with Gasteiger partial charge < -0.3 is 5.32 Å². The van der Waals surface area contributed by atoms with Crippen LogP contribution in [0.5, 0.6) is 0 Å². The Hall–Kier alpha value is -6.08. The van der Waals surface area contributed by atoms with Crippen molar-refractivity contribution in [3.63, 3.8) is 0 Å². The lowest BCUT2D eigenvalue weighted by molar-refractivity contribution is 0.0938. The van der Waals surface area contributed by atoms with Gasteiger partial charge >= 0.3 is 0 Å². The Morgan fingerprint density at radius 1 is 0.907 bits per heavy atom. The van der Waals surface area contributed by atoms with E-state index in [4.69, 9.17) is 4.98 Å². The second kappa shape index (κ2) is 10.4. The molecule has 0 unspecified atom stereocenters. The lowest BCUT2D eigenvalue weighted by Crippen LogP contribution is -2.33. The Morgan fingerprint density at radius 3 is 2.56 bits per heavy atom. The number of aryl methyl sites for hydroxylation is 1. The largest absolute Gasteiger partial charge is 0.342 e. The van der Waals surface area contributed by atoms with E-state index in [0.717, 1.165) is 11.1 Å². The molecular formula is C33H24N8O2. The molecular weight excluding hydrogens is 540 g/mol. The van der Waals surface area contributed by atoms with Gasteiger partial charge in [0.1, 0.15) is 11.4 Å². The molecule has 0 aliphatic carbocycles. The van der Waals surface area contributed by atoms with Crippen molar-refractivity contribution in [3.05, 3.63) is 136 Å². The molecule has 5 aromatic heterocycles. The number of nitrogens with zero attached hydrogens (tertiary/aromatic N) is 7. The minimum absolute atomic E-state index is 0.286. The molecule has 208 valence electrons. The van der Waals surface area contributed by atoms with E-state index in [1.54, 1.807) is 53.6 Å². The van der Waals surface area contributed by atoms with Crippen molar-refractivity contribution in [2.75, 3.05) is 0 Å². The Kier molecular flexibility index (Phi) is 6.25. The smallest absolute Gasteiger partial charge is 0.267 e. The number of amides is 1. The molecule has 0 bridgehead atoms. The molecule has 0 radical (unpaired) electrons. The predicted octanol–water partition coefficient (Wildman–Crippen LogP) is 4.28. The van der Waals surface area contributed by atoms with Crippen molar-refractivity contribution in [2.45, 2.75) is 19.9 Å². The molecule has 10 heteroatoms. The van der Waals surface area contributed by atoms with Crippen LogP contribution in [0.2, 0.25) is 0 Å². The van der Waals surface area contributed by atoms with Crippen LogP contribution >= 0.6 is 0 Å². The van der Waals surface area contributed by atoms with Gasteiger partial charge in [-0.15, -0.1) is 0 Å². The lowest BCUT2D eigenvalue weighted by Gasteiger charge is -2.20. The summed E-state index contributed by atoms with van der Waals surface area (Å²) in [5.74, 6) is 6.38. The first kappa shape index (κ1) is 25.9. The van der Waals surface area contributed by atoms with Gasteiger partial charge in [-0.05, 0) is 56.3 Å². The highest BCUT2D eigenvalue weighted by molar-refractivity contribution is 6.01. The predicted molar refractivity (Wildman–Crippen MR) is 162 cm³/mol. The number of pyridine rings is 1. The van der Waals surface area contributed by atoms with Crippen LogP contribution in [0.15, 0.2) is 102 Å². The fourth-order valence-electron chi connectivity index (χ4n) is 5.23. The van der Waals surface area contributed by atoms with E-state index in [2.05, 4.69) is 32.3 Å². The molecule has 1 atom stereocenters. The quantitative estimate of drug-likeness (QED) is 0.320. The molecule has 0 saturated heterocycles. The van der Waals surface area contributed by atoms with Crippen LogP contribution < -0.4 is 10.9 Å². The van der Waals surface area contributed by atoms with Crippen LogP contribution in [0.3, 0.4) is 0 Å². The minimum atomic E-state index is -0.642. The van der Waals surface area contributed by atoms with Crippen LogP contribution in [-0.2, 0) is 0 Å². The van der Waals surface area contributed by atoms with Gasteiger partial charge in [-0.3, -0.25) is 14.2 Å². The van der Waals surface area contributed by atoms with Crippen LogP contribution in [0.25, 0.3) is 27.8 Å². The van der Waals surface area contributed by atoms with E-state index in [-0.39, 0.29) is 11.5 Å². The number of para-hydroxylation sites is 1. The zero-order valence-corrected chi connectivity index (χ0v) is 23.3. The van der Waals surface area contributed by atoms with Crippen LogP contribution in [0.1, 0.15) is 46.0 Å². The summed E-state index contributed by atoms with van der Waals surface area (Å²) in [6.07, 6.45) is 6.92. The summed E-state index contributed by atoms with van der Waals surface area (Å²) >= 11 is 0. The van der Waals surface area contributed by atoms with Gasteiger partial charge in [0.15, 0.2) is 5.65 Å². The van der Waals surface area contributed by atoms with Crippen molar-refractivity contribution in [3.8, 4) is 17.5 Å². The molecule has 43 heavy (non-hydrogen) atoms. The Bertz CT molecular complexity index is 2300. The Balaban J connectivity index is 1.35. The number of nitrogens with one attached hydrogen (secondary N) is 1. The normalized spacial score (nSPS) is 11.9. The lowest BCUT2D eigenvalue weighted by atomic mass is 10.1. The fraction of sp³-hybridized carbons (Fsp3) is 0.0909. The zero-order valence-electron chi connectivity index (χ0n) is 23.3. The summed E-state index contributed by atoms with van der Waals surface area (Å²) in [7, 11) is 0. The molecule has 7 aromatic rings. The summed E-state index contributed by atoms with van der Waals surface area (Å²) < 4.78 is 4.86. The third kappa shape index (κ3) is 4.49. The highest BCUT2D eigenvalue weighted by Gasteiger charge is 2.24. The molecule has 0 aliphatic rings. The monoisotopic (exact) mass is 564 g/mol. The van der Waals surface area contributed by atoms with Gasteiger partial charge in [-0.1, -0.05) is 42.2 Å². The fourth-order valence-corrected chi connectivity index (χ4v) is 5.23.